The molecule has 1 fully saturated rings. The van der Waals surface area contributed by atoms with Gasteiger partial charge in [0.1, 0.15) is 0 Å². The molecular weight excluding hydrogens is 164 g/mol. The molecule has 76 valence electrons. The van der Waals surface area contributed by atoms with Gasteiger partial charge in [0, 0.05) is 19.5 Å². The van der Waals surface area contributed by atoms with Crippen molar-refractivity contribution >= 4 is 5.91 Å². The lowest BCUT2D eigenvalue weighted by Crippen LogP contribution is -2.40. The van der Waals surface area contributed by atoms with Crippen LogP contribution in [0.3, 0.4) is 0 Å². The number of piperidine rings is 1. The van der Waals surface area contributed by atoms with Crippen molar-refractivity contribution in [3.8, 4) is 0 Å². The first-order valence-electron chi connectivity index (χ1n) is 5.16. The first kappa shape index (κ1) is 10.5. The molecule has 1 amide bonds. The quantitative estimate of drug-likeness (QED) is 0.702. The highest BCUT2D eigenvalue weighted by atomic mass is 16.2. The van der Waals surface area contributed by atoms with Gasteiger partial charge in [0.2, 0.25) is 5.91 Å². The zero-order valence-electron chi connectivity index (χ0n) is 8.68. The molecule has 1 aliphatic heterocycles. The van der Waals surface area contributed by atoms with Crippen LogP contribution in [-0.4, -0.2) is 37.5 Å². The molecule has 1 saturated heterocycles. The topological polar surface area (TPSA) is 32.3 Å². The fourth-order valence-corrected chi connectivity index (χ4v) is 1.84. The Morgan fingerprint density at radius 2 is 2.31 bits per heavy atom. The van der Waals surface area contributed by atoms with Crippen LogP contribution < -0.4 is 5.32 Å². The summed E-state index contributed by atoms with van der Waals surface area (Å²) in [6.07, 6.45) is 3.01. The summed E-state index contributed by atoms with van der Waals surface area (Å²) in [6.45, 7) is 5.05. The molecule has 0 aromatic rings. The lowest BCUT2D eigenvalue weighted by atomic mass is 10.1. The van der Waals surface area contributed by atoms with Gasteiger partial charge in [-0.25, -0.2) is 0 Å². The van der Waals surface area contributed by atoms with Gasteiger partial charge in [-0.1, -0.05) is 6.92 Å². The fourth-order valence-electron chi connectivity index (χ4n) is 1.84. The van der Waals surface area contributed by atoms with Gasteiger partial charge in [-0.15, -0.1) is 0 Å². The molecule has 1 N–H and O–H groups in total. The molecule has 0 spiro atoms. The second-order valence-corrected chi connectivity index (χ2v) is 3.96. The summed E-state index contributed by atoms with van der Waals surface area (Å²) in [6, 6.07) is 0. The molecule has 0 aromatic carbocycles. The van der Waals surface area contributed by atoms with E-state index in [2.05, 4.69) is 12.2 Å². The van der Waals surface area contributed by atoms with E-state index in [0.29, 0.717) is 11.8 Å². The van der Waals surface area contributed by atoms with Crippen LogP contribution in [0.5, 0.6) is 0 Å². The van der Waals surface area contributed by atoms with E-state index >= 15 is 0 Å². The summed E-state index contributed by atoms with van der Waals surface area (Å²) in [5, 5.41) is 3.13. The zero-order chi connectivity index (χ0) is 9.68. The maximum absolute atomic E-state index is 11.4. The van der Waals surface area contributed by atoms with Crippen LogP contribution in [0.2, 0.25) is 0 Å². The first-order chi connectivity index (χ1) is 6.24. The molecule has 1 aliphatic rings. The van der Waals surface area contributed by atoms with Crippen LogP contribution >= 0.6 is 0 Å². The number of rotatable bonds is 4. The summed E-state index contributed by atoms with van der Waals surface area (Å²) >= 11 is 0. The molecule has 0 aliphatic carbocycles. The molecule has 0 radical (unpaired) electrons. The van der Waals surface area contributed by atoms with Gasteiger partial charge in [0.25, 0.3) is 0 Å². The molecule has 1 heterocycles. The molecule has 13 heavy (non-hydrogen) atoms. The summed E-state index contributed by atoms with van der Waals surface area (Å²) in [5.74, 6) is 0.904. The minimum atomic E-state index is 0.342. The number of carbonyl (C=O) groups is 1. The Labute approximate surface area is 80.5 Å². The van der Waals surface area contributed by atoms with Crippen molar-refractivity contribution in [3.05, 3.63) is 0 Å². The van der Waals surface area contributed by atoms with Crippen molar-refractivity contribution in [2.75, 3.05) is 26.7 Å². The number of carbonyl (C=O) groups excluding carboxylic acids is 1. The van der Waals surface area contributed by atoms with E-state index in [4.69, 9.17) is 0 Å². The van der Waals surface area contributed by atoms with Crippen molar-refractivity contribution in [1.29, 1.82) is 0 Å². The Hall–Kier alpha value is -0.570. The van der Waals surface area contributed by atoms with E-state index in [1.54, 1.807) is 0 Å². The Bertz CT molecular complexity index is 170. The minimum absolute atomic E-state index is 0.342. The summed E-state index contributed by atoms with van der Waals surface area (Å²) in [4.78, 5) is 13.4. The summed E-state index contributed by atoms with van der Waals surface area (Å²) < 4.78 is 0. The molecule has 1 atom stereocenters. The largest absolute Gasteiger partial charge is 0.342 e. The van der Waals surface area contributed by atoms with E-state index in [1.165, 1.54) is 6.42 Å². The third-order valence-corrected chi connectivity index (χ3v) is 2.51. The predicted octanol–water partition coefficient (Wildman–Crippen LogP) is 0.854. The SMILES string of the molecule is CNCC(C)CN1CCCCC1=O. The summed E-state index contributed by atoms with van der Waals surface area (Å²) in [7, 11) is 1.95. The maximum atomic E-state index is 11.4. The molecule has 0 saturated carbocycles. The van der Waals surface area contributed by atoms with Crippen molar-refractivity contribution in [2.45, 2.75) is 26.2 Å². The summed E-state index contributed by atoms with van der Waals surface area (Å²) in [5.41, 5.74) is 0. The van der Waals surface area contributed by atoms with Crippen molar-refractivity contribution < 1.29 is 4.79 Å². The highest BCUT2D eigenvalue weighted by Gasteiger charge is 2.19. The first-order valence-corrected chi connectivity index (χ1v) is 5.16. The van der Waals surface area contributed by atoms with Gasteiger partial charge in [0.15, 0.2) is 0 Å². The average molecular weight is 184 g/mol. The zero-order valence-corrected chi connectivity index (χ0v) is 8.68. The molecule has 0 bridgehead atoms. The third-order valence-electron chi connectivity index (χ3n) is 2.51. The number of nitrogens with one attached hydrogen (secondary N) is 1. The lowest BCUT2D eigenvalue weighted by Gasteiger charge is -2.29. The molecule has 3 heteroatoms. The van der Waals surface area contributed by atoms with Gasteiger partial charge >= 0.3 is 0 Å². The van der Waals surface area contributed by atoms with E-state index < -0.39 is 0 Å². The molecule has 1 unspecified atom stereocenters. The average Bonchev–Trinajstić information content (AvgIpc) is 2.09. The predicted molar refractivity (Wildman–Crippen MR) is 53.5 cm³/mol. The highest BCUT2D eigenvalue weighted by molar-refractivity contribution is 5.76. The normalized spacial score (nSPS) is 20.5. The van der Waals surface area contributed by atoms with E-state index in [-0.39, 0.29) is 0 Å². The minimum Gasteiger partial charge on any atom is -0.342 e. The standard InChI is InChI=1S/C10H20N2O/c1-9(7-11-2)8-12-6-4-3-5-10(12)13/h9,11H,3-8H2,1-2H3. The van der Waals surface area contributed by atoms with Gasteiger partial charge < -0.3 is 10.2 Å². The van der Waals surface area contributed by atoms with E-state index in [9.17, 15) is 4.79 Å². The smallest absolute Gasteiger partial charge is 0.222 e. The van der Waals surface area contributed by atoms with Gasteiger partial charge in [-0.2, -0.15) is 0 Å². The monoisotopic (exact) mass is 184 g/mol. The van der Waals surface area contributed by atoms with Crippen LogP contribution in [-0.2, 0) is 4.79 Å². The fraction of sp³-hybridized carbons (Fsp3) is 0.900. The number of likely N-dealkylation sites (tertiary alicyclic amines) is 1. The Morgan fingerprint density at radius 1 is 1.54 bits per heavy atom. The van der Waals surface area contributed by atoms with E-state index in [0.717, 1.165) is 32.5 Å². The second-order valence-electron chi connectivity index (χ2n) is 3.96. The Morgan fingerprint density at radius 3 is 2.92 bits per heavy atom. The van der Waals surface area contributed by atoms with Crippen LogP contribution in [0.4, 0.5) is 0 Å². The molecule has 1 rings (SSSR count). The Kier molecular flexibility index (Phi) is 4.22. The van der Waals surface area contributed by atoms with Crippen LogP contribution in [0.25, 0.3) is 0 Å². The molecular formula is C10H20N2O. The number of amides is 1. The second kappa shape index (κ2) is 5.22. The lowest BCUT2D eigenvalue weighted by molar-refractivity contribution is -0.133. The van der Waals surface area contributed by atoms with Gasteiger partial charge in [0.05, 0.1) is 0 Å². The highest BCUT2D eigenvalue weighted by Crippen LogP contribution is 2.11. The van der Waals surface area contributed by atoms with Crippen LogP contribution in [0.1, 0.15) is 26.2 Å². The molecule has 3 nitrogen and oxygen atoms in total. The van der Waals surface area contributed by atoms with Crippen molar-refractivity contribution in [3.63, 3.8) is 0 Å². The van der Waals surface area contributed by atoms with E-state index in [1.807, 2.05) is 11.9 Å². The van der Waals surface area contributed by atoms with Gasteiger partial charge in [-0.3, -0.25) is 4.79 Å². The van der Waals surface area contributed by atoms with Crippen LogP contribution in [0, 0.1) is 5.92 Å². The molecule has 0 aromatic heterocycles. The number of nitrogens with zero attached hydrogens (tertiary/aromatic N) is 1. The van der Waals surface area contributed by atoms with Crippen molar-refractivity contribution in [1.82, 2.24) is 10.2 Å². The maximum Gasteiger partial charge on any atom is 0.222 e. The number of hydrogen-bond acceptors (Lipinski definition) is 2. The third kappa shape index (κ3) is 3.35. The number of hydrogen-bond donors (Lipinski definition) is 1. The van der Waals surface area contributed by atoms with Gasteiger partial charge in [-0.05, 0) is 32.4 Å². The van der Waals surface area contributed by atoms with Crippen LogP contribution in [0.15, 0.2) is 0 Å². The van der Waals surface area contributed by atoms with Crippen molar-refractivity contribution in [2.24, 2.45) is 5.92 Å². The Balaban J connectivity index is 2.29.